The fraction of sp³-hybridized carbons (Fsp3) is 0.966. The van der Waals surface area contributed by atoms with E-state index in [4.69, 9.17) is 47.7 Å². The molecule has 12 nitrogen and oxygen atoms in total. The zero-order valence-electron chi connectivity index (χ0n) is 30.1. The smallest absolute Gasteiger partial charge is 0.394 e. The highest BCUT2D eigenvalue weighted by molar-refractivity contribution is 5.84. The molecule has 0 bridgehead atoms. The van der Waals surface area contributed by atoms with Gasteiger partial charge in [0.15, 0.2) is 0 Å². The molecule has 348 valence electrons. The number of carbonyl (C=O) groups excluding carboxylic acids is 1. The fourth-order valence-electron chi connectivity index (χ4n) is 3.58. The first kappa shape index (κ1) is 55.9. The number of aliphatic hydroxyl groups is 1. The van der Waals surface area contributed by atoms with Crippen LogP contribution in [0.3, 0.4) is 0 Å². The van der Waals surface area contributed by atoms with Crippen molar-refractivity contribution in [1.82, 2.24) is 5.32 Å². The number of aliphatic hydroxyl groups excluding tert-OH is 1. The van der Waals surface area contributed by atoms with Gasteiger partial charge in [0.2, 0.25) is 0 Å². The molecular weight excluding hydrogens is 861 g/mol. The average Bonchev–Trinajstić information content (AvgIpc) is 3.13. The number of hydrogen-bond acceptors (Lipinski definition) is 11. The van der Waals surface area contributed by atoms with Gasteiger partial charge in [-0.15, -0.1) is 0 Å². The lowest BCUT2D eigenvalue weighted by atomic mass is 9.89. The maximum absolute atomic E-state index is 13.9. The summed E-state index contributed by atoms with van der Waals surface area (Å²) in [5, 5.41) is 9.30. The van der Waals surface area contributed by atoms with Gasteiger partial charge in [-0.1, -0.05) is 0 Å². The summed E-state index contributed by atoms with van der Waals surface area (Å²) in [7, 11) is 0. The summed E-state index contributed by atoms with van der Waals surface area (Å²) in [6.45, 7) is 1.05. The van der Waals surface area contributed by atoms with Gasteiger partial charge >= 0.3 is 47.6 Å². The summed E-state index contributed by atoms with van der Waals surface area (Å²) in [6.07, 6.45) is -7.86. The van der Waals surface area contributed by atoms with Crippen molar-refractivity contribution < 1.29 is 127 Å². The van der Waals surface area contributed by atoms with Crippen LogP contribution in [0.25, 0.3) is 0 Å². The molecule has 0 fully saturated rings. The second-order valence-electron chi connectivity index (χ2n) is 11.0. The highest BCUT2D eigenvalue weighted by Gasteiger charge is 2.95. The fourth-order valence-corrected chi connectivity index (χ4v) is 3.58. The second-order valence-corrected chi connectivity index (χ2v) is 11.0. The number of rotatable bonds is 36. The van der Waals surface area contributed by atoms with Crippen LogP contribution in [-0.4, -0.2) is 191 Å². The van der Waals surface area contributed by atoms with Crippen LogP contribution in [0.1, 0.15) is 0 Å². The van der Waals surface area contributed by atoms with E-state index in [1.165, 1.54) is 0 Å². The SMILES string of the molecule is O=C(NCCOCCOCCOCCOCCOCCOCCOCCOCCOCCO)C(F)(F)C(F)(F)C(F)(F)C(F)(F)C(F)(F)C(F)(F)C(F)(F)C(F)(F)F. The van der Waals surface area contributed by atoms with Crippen molar-refractivity contribution in [2.75, 3.05) is 132 Å². The molecule has 0 unspecified atom stereocenters. The number of carbonyl (C=O) groups is 1. The van der Waals surface area contributed by atoms with Crippen molar-refractivity contribution in [2.24, 2.45) is 0 Å². The van der Waals surface area contributed by atoms with Crippen molar-refractivity contribution in [1.29, 1.82) is 0 Å². The number of halogens is 17. The Kier molecular flexibility index (Phi) is 24.7. The molecule has 1 amide bonds. The third-order valence-corrected chi connectivity index (χ3v) is 6.75. The molecule has 0 spiro atoms. The van der Waals surface area contributed by atoms with Crippen molar-refractivity contribution in [3.05, 3.63) is 0 Å². The highest BCUT2D eigenvalue weighted by Crippen LogP contribution is 2.63. The summed E-state index contributed by atoms with van der Waals surface area (Å²) < 4.78 is 273. The lowest BCUT2D eigenvalue weighted by Crippen LogP contribution is -2.75. The Morgan fingerprint density at radius 1 is 0.345 bits per heavy atom. The maximum atomic E-state index is 13.9. The average molecular weight is 904 g/mol. The van der Waals surface area contributed by atoms with Crippen molar-refractivity contribution in [2.45, 2.75) is 47.6 Å². The summed E-state index contributed by atoms with van der Waals surface area (Å²) in [5.74, 6) is -61.9. The van der Waals surface area contributed by atoms with Crippen LogP contribution in [0.2, 0.25) is 0 Å². The summed E-state index contributed by atoms with van der Waals surface area (Å²) in [5.41, 5.74) is 0. The molecule has 0 atom stereocenters. The van der Waals surface area contributed by atoms with Gasteiger partial charge in [0.1, 0.15) is 0 Å². The minimum Gasteiger partial charge on any atom is -0.394 e. The van der Waals surface area contributed by atoms with Crippen LogP contribution in [0.5, 0.6) is 0 Å². The molecule has 0 rings (SSSR count). The molecule has 0 aliphatic carbocycles. The largest absolute Gasteiger partial charge is 0.460 e. The minimum atomic E-state index is -8.78. The second kappa shape index (κ2) is 25.6. The molecule has 29 heteroatoms. The van der Waals surface area contributed by atoms with Crippen LogP contribution >= 0.6 is 0 Å². The molecular formula is C29H42F17NO11. The van der Waals surface area contributed by atoms with Crippen molar-refractivity contribution in [3.63, 3.8) is 0 Å². The molecule has 0 aliphatic rings. The molecule has 0 aromatic carbocycles. The molecule has 0 saturated heterocycles. The maximum Gasteiger partial charge on any atom is 0.460 e. The number of amides is 1. The van der Waals surface area contributed by atoms with E-state index in [2.05, 4.69) is 0 Å². The zero-order chi connectivity index (χ0) is 44.8. The lowest BCUT2D eigenvalue weighted by Gasteiger charge is -2.42. The van der Waals surface area contributed by atoms with E-state index < -0.39 is 73.3 Å². The van der Waals surface area contributed by atoms with Gasteiger partial charge in [-0.3, -0.25) is 4.79 Å². The van der Waals surface area contributed by atoms with E-state index in [0.717, 1.165) is 5.32 Å². The van der Waals surface area contributed by atoms with Crippen LogP contribution in [0, 0.1) is 0 Å². The van der Waals surface area contributed by atoms with Gasteiger partial charge in [-0.2, -0.15) is 74.6 Å². The predicted octanol–water partition coefficient (Wildman–Crippen LogP) is 4.25. The third-order valence-electron chi connectivity index (χ3n) is 6.75. The molecule has 0 aliphatic heterocycles. The predicted molar refractivity (Wildman–Crippen MR) is 158 cm³/mol. The molecule has 0 aromatic heterocycles. The van der Waals surface area contributed by atoms with Crippen molar-refractivity contribution in [3.8, 4) is 0 Å². The molecule has 0 heterocycles. The van der Waals surface area contributed by atoms with Crippen LogP contribution in [-0.2, 0) is 47.4 Å². The molecule has 58 heavy (non-hydrogen) atoms. The highest BCUT2D eigenvalue weighted by atomic mass is 19.4. The summed E-state index contributed by atoms with van der Waals surface area (Å²) in [6, 6.07) is 0. The Bertz CT molecular complexity index is 1120. The number of hydrogen-bond donors (Lipinski definition) is 2. The Balaban J connectivity index is 4.19. The first-order valence-electron chi connectivity index (χ1n) is 16.5. The Morgan fingerprint density at radius 3 is 0.828 bits per heavy atom. The van der Waals surface area contributed by atoms with Crippen LogP contribution in [0.15, 0.2) is 0 Å². The third kappa shape index (κ3) is 15.7. The standard InChI is InChI=1S/C29H42F17NO11/c30-22(31,23(32,33)24(34,35)25(36,37)26(38,39)27(40,41)28(42,43)29(44,45)46)21(49)47-1-3-50-5-7-52-9-11-54-13-15-56-17-19-58-20-18-57-16-14-55-12-10-53-8-6-51-4-2-48/h48H,1-20H2,(H,47,49). The van der Waals surface area contributed by atoms with E-state index >= 15 is 0 Å². The molecule has 2 N–H and O–H groups in total. The van der Waals surface area contributed by atoms with E-state index in [-0.39, 0.29) is 59.5 Å². The van der Waals surface area contributed by atoms with Gasteiger partial charge in [0.05, 0.1) is 126 Å². The van der Waals surface area contributed by atoms with E-state index in [9.17, 15) is 79.4 Å². The van der Waals surface area contributed by atoms with Crippen LogP contribution in [0.4, 0.5) is 74.6 Å². The summed E-state index contributed by atoms with van der Waals surface area (Å²) in [4.78, 5) is 11.4. The summed E-state index contributed by atoms with van der Waals surface area (Å²) >= 11 is 0. The monoisotopic (exact) mass is 903 g/mol. The normalized spacial score (nSPS) is 14.0. The number of ether oxygens (including phenoxy) is 9. The van der Waals surface area contributed by atoms with Gasteiger partial charge in [0.25, 0.3) is 5.91 Å². The van der Waals surface area contributed by atoms with Gasteiger partial charge in [-0.05, 0) is 0 Å². The zero-order valence-corrected chi connectivity index (χ0v) is 30.1. The van der Waals surface area contributed by atoms with E-state index in [1.54, 1.807) is 0 Å². The Morgan fingerprint density at radius 2 is 0.569 bits per heavy atom. The molecule has 0 radical (unpaired) electrons. The molecule has 0 saturated carbocycles. The quantitative estimate of drug-likeness (QED) is 0.0692. The Labute approximate surface area is 318 Å². The minimum absolute atomic E-state index is 0.0334. The first-order valence-corrected chi connectivity index (χ1v) is 16.5. The number of nitrogens with one attached hydrogen (secondary N) is 1. The van der Waals surface area contributed by atoms with E-state index in [1.807, 2.05) is 0 Å². The number of alkyl halides is 17. The lowest BCUT2D eigenvalue weighted by molar-refractivity contribution is -0.459. The van der Waals surface area contributed by atoms with Crippen molar-refractivity contribution >= 4 is 5.91 Å². The first-order chi connectivity index (χ1) is 26.7. The van der Waals surface area contributed by atoms with Gasteiger partial charge < -0.3 is 53.1 Å². The van der Waals surface area contributed by atoms with Gasteiger partial charge in [0, 0.05) is 6.54 Å². The topological polar surface area (TPSA) is 132 Å². The van der Waals surface area contributed by atoms with E-state index in [0.29, 0.717) is 52.9 Å². The molecule has 0 aromatic rings. The Hall–Kier alpha value is -2.12. The van der Waals surface area contributed by atoms with Crippen LogP contribution < -0.4 is 5.32 Å². The van der Waals surface area contributed by atoms with Gasteiger partial charge in [-0.25, -0.2) is 0 Å².